The Morgan fingerprint density at radius 2 is 1.61 bits per heavy atom. The second kappa shape index (κ2) is 12.5. The third-order valence-corrected chi connectivity index (χ3v) is 2.35. The molecule has 0 spiro atoms. The minimum absolute atomic E-state index is 0.0451. The molecular weight excluding hydrogens is 334 g/mol. The molecule has 134 valence electrons. The Morgan fingerprint density at radius 1 is 1.17 bits per heavy atom. The summed E-state index contributed by atoms with van der Waals surface area (Å²) in [5.41, 5.74) is 2.69. The maximum atomic E-state index is 9.63. The van der Waals surface area contributed by atoms with Gasteiger partial charge in [-0.25, -0.2) is 8.42 Å². The van der Waals surface area contributed by atoms with Gasteiger partial charge in [-0.1, -0.05) is 55.8 Å². The Balaban J connectivity index is 0. The summed E-state index contributed by atoms with van der Waals surface area (Å²) in [6, 6.07) is 9.93. The lowest BCUT2D eigenvalue weighted by Gasteiger charge is -2.25. The Labute approximate surface area is 146 Å². The Hall–Kier alpha value is -0.880. The monoisotopic (exact) mass is 363 g/mol. The third kappa shape index (κ3) is 23.5. The number of hydrogen-bond donors (Lipinski definition) is 1. The number of aliphatic hydroxyl groups is 1. The van der Waals surface area contributed by atoms with Crippen molar-refractivity contribution in [2.45, 2.75) is 13.8 Å². The molecule has 0 saturated carbocycles. The molecule has 1 aromatic rings. The first-order valence-corrected chi connectivity index (χ1v) is 9.87. The van der Waals surface area contributed by atoms with Crippen LogP contribution in [0.2, 0.25) is 0 Å². The summed E-state index contributed by atoms with van der Waals surface area (Å²) < 4.78 is 19.3. The van der Waals surface area contributed by atoms with Gasteiger partial charge in [0, 0.05) is 36.6 Å². The summed E-state index contributed by atoms with van der Waals surface area (Å²) in [5.74, 6) is 0. The fourth-order valence-electron chi connectivity index (χ4n) is 1.54. The van der Waals surface area contributed by atoms with E-state index in [1.165, 1.54) is 5.54 Å². The van der Waals surface area contributed by atoms with Crippen LogP contribution in [0, 0.1) is 5.41 Å². The molecule has 0 unspecified atom stereocenters. The van der Waals surface area contributed by atoms with Gasteiger partial charge in [0.2, 0.25) is 0 Å². The molecule has 0 bridgehead atoms. The lowest BCUT2D eigenvalue weighted by atomic mass is 9.95. The summed E-state index contributed by atoms with van der Waals surface area (Å²) >= 11 is 5.36. The van der Waals surface area contributed by atoms with E-state index in [-0.39, 0.29) is 12.0 Å². The molecule has 1 rings (SSSR count). The number of halogens is 1. The maximum Gasteiger partial charge on any atom is 0.144 e. The van der Waals surface area contributed by atoms with Crippen LogP contribution in [-0.2, 0) is 9.84 Å². The third-order valence-electron chi connectivity index (χ3n) is 2.23. The minimum Gasteiger partial charge on any atom is -0.396 e. The van der Waals surface area contributed by atoms with E-state index in [2.05, 4.69) is 4.90 Å². The number of sulfone groups is 1. The van der Waals surface area contributed by atoms with Crippen molar-refractivity contribution in [3.05, 3.63) is 41.4 Å². The van der Waals surface area contributed by atoms with E-state index in [1.54, 1.807) is 0 Å². The first-order chi connectivity index (χ1) is 10.4. The van der Waals surface area contributed by atoms with Crippen molar-refractivity contribution in [3.8, 4) is 0 Å². The summed E-state index contributed by atoms with van der Waals surface area (Å²) in [6.07, 6.45) is 4.17. The van der Waals surface area contributed by atoms with E-state index in [1.807, 2.05) is 64.4 Å². The quantitative estimate of drug-likeness (QED) is 0.892. The normalized spacial score (nSPS) is 11.5. The molecule has 23 heavy (non-hydrogen) atoms. The van der Waals surface area contributed by atoms with Crippen molar-refractivity contribution in [2.24, 2.45) is 5.41 Å². The molecule has 0 aliphatic carbocycles. The molecule has 0 aliphatic rings. The predicted octanol–water partition coefficient (Wildman–Crippen LogP) is 3.12. The molecule has 1 aromatic carbocycles. The van der Waals surface area contributed by atoms with Crippen molar-refractivity contribution in [1.82, 2.24) is 4.90 Å². The lowest BCUT2D eigenvalue weighted by Crippen LogP contribution is -2.31. The Kier molecular flexibility index (Phi) is 13.3. The van der Waals surface area contributed by atoms with Crippen LogP contribution in [0.25, 0.3) is 6.08 Å². The summed E-state index contributed by atoms with van der Waals surface area (Å²) in [7, 11) is 1.36. The molecule has 1 N–H and O–H groups in total. The highest BCUT2D eigenvalue weighted by molar-refractivity contribution is 7.89. The topological polar surface area (TPSA) is 57.6 Å². The van der Waals surface area contributed by atoms with Gasteiger partial charge in [-0.2, -0.15) is 0 Å². The molecule has 0 aromatic heterocycles. The number of nitrogens with zero attached hydrogens (tertiary/aromatic N) is 1. The average Bonchev–Trinajstić information content (AvgIpc) is 2.38. The average molecular weight is 364 g/mol. The molecule has 0 radical (unpaired) electrons. The molecular formula is C17H30ClNO3S. The zero-order chi connectivity index (χ0) is 18.5. The van der Waals surface area contributed by atoms with Gasteiger partial charge in [-0.15, -0.1) is 0 Å². The second-order valence-corrected chi connectivity index (χ2v) is 8.94. The van der Waals surface area contributed by atoms with Crippen LogP contribution >= 0.6 is 11.6 Å². The van der Waals surface area contributed by atoms with Gasteiger partial charge >= 0.3 is 0 Å². The summed E-state index contributed by atoms with van der Waals surface area (Å²) in [5, 5.41) is 8.82. The molecule has 4 nitrogen and oxygen atoms in total. The molecule has 0 heterocycles. The standard InChI is InChI=1S/C8H7Cl.C7H17NO.C2H6O2S/c9-7-6-8-4-2-1-3-5-8;1-7(2,6-9)5-8(3)4;1-5(2,3)4/h1-7H;9H,5-6H2,1-4H3;1-2H3. The number of rotatable bonds is 4. The van der Waals surface area contributed by atoms with Crippen LogP contribution in [-0.4, -0.2) is 58.2 Å². The van der Waals surface area contributed by atoms with Crippen molar-refractivity contribution < 1.29 is 13.5 Å². The molecule has 0 amide bonds. The molecule has 6 heteroatoms. The lowest BCUT2D eigenvalue weighted by molar-refractivity contribution is 0.125. The zero-order valence-corrected chi connectivity index (χ0v) is 16.5. The van der Waals surface area contributed by atoms with Gasteiger partial charge in [-0.3, -0.25) is 0 Å². The van der Waals surface area contributed by atoms with E-state index in [0.717, 1.165) is 24.6 Å². The minimum atomic E-state index is -2.67. The van der Waals surface area contributed by atoms with E-state index in [0.29, 0.717) is 0 Å². The smallest absolute Gasteiger partial charge is 0.144 e. The maximum absolute atomic E-state index is 9.63. The van der Waals surface area contributed by atoms with Crippen molar-refractivity contribution in [2.75, 3.05) is 39.8 Å². The van der Waals surface area contributed by atoms with Crippen LogP contribution in [0.4, 0.5) is 0 Å². The van der Waals surface area contributed by atoms with E-state index < -0.39 is 9.84 Å². The predicted molar refractivity (Wildman–Crippen MR) is 102 cm³/mol. The fourth-order valence-corrected chi connectivity index (χ4v) is 1.69. The molecule has 0 aliphatic heterocycles. The highest BCUT2D eigenvalue weighted by Crippen LogP contribution is 2.13. The van der Waals surface area contributed by atoms with Crippen LogP contribution in [0.5, 0.6) is 0 Å². The van der Waals surface area contributed by atoms with Gasteiger partial charge in [0.25, 0.3) is 0 Å². The van der Waals surface area contributed by atoms with Gasteiger partial charge in [0.05, 0.1) is 0 Å². The molecule has 0 saturated heterocycles. The van der Waals surface area contributed by atoms with Crippen LogP contribution in [0.1, 0.15) is 19.4 Å². The van der Waals surface area contributed by atoms with Crippen molar-refractivity contribution >= 4 is 27.5 Å². The first-order valence-electron chi connectivity index (χ1n) is 7.13. The highest BCUT2D eigenvalue weighted by atomic mass is 35.5. The van der Waals surface area contributed by atoms with E-state index in [9.17, 15) is 8.42 Å². The first kappa shape index (κ1) is 24.4. The molecule has 0 atom stereocenters. The Bertz CT molecular complexity index is 518. The van der Waals surface area contributed by atoms with E-state index >= 15 is 0 Å². The van der Waals surface area contributed by atoms with Crippen molar-refractivity contribution in [3.63, 3.8) is 0 Å². The summed E-state index contributed by atoms with van der Waals surface area (Å²) in [4.78, 5) is 2.08. The summed E-state index contributed by atoms with van der Waals surface area (Å²) in [6.45, 7) is 5.29. The highest BCUT2D eigenvalue weighted by Gasteiger charge is 2.16. The van der Waals surface area contributed by atoms with E-state index in [4.69, 9.17) is 16.7 Å². The van der Waals surface area contributed by atoms with Crippen LogP contribution in [0.3, 0.4) is 0 Å². The van der Waals surface area contributed by atoms with Crippen molar-refractivity contribution in [1.29, 1.82) is 0 Å². The van der Waals surface area contributed by atoms with Gasteiger partial charge in [0.1, 0.15) is 9.84 Å². The van der Waals surface area contributed by atoms with Gasteiger partial charge in [0.15, 0.2) is 0 Å². The number of aliphatic hydroxyl groups excluding tert-OH is 1. The SMILES string of the molecule is CN(C)CC(C)(C)CO.CS(C)(=O)=O.ClC=Cc1ccccc1. The number of benzene rings is 1. The van der Waals surface area contributed by atoms with Gasteiger partial charge < -0.3 is 10.0 Å². The second-order valence-electron chi connectivity index (χ2n) is 6.41. The molecule has 0 fully saturated rings. The largest absolute Gasteiger partial charge is 0.396 e. The van der Waals surface area contributed by atoms with Crippen LogP contribution < -0.4 is 0 Å². The zero-order valence-electron chi connectivity index (χ0n) is 15.0. The number of hydrogen-bond acceptors (Lipinski definition) is 4. The van der Waals surface area contributed by atoms with Crippen LogP contribution in [0.15, 0.2) is 35.9 Å². The fraction of sp³-hybridized carbons (Fsp3) is 0.529. The Morgan fingerprint density at radius 3 is 1.87 bits per heavy atom. The van der Waals surface area contributed by atoms with Gasteiger partial charge in [-0.05, 0) is 25.7 Å².